The third-order valence-electron chi connectivity index (χ3n) is 5.61. The number of carbonyl (C=O) groups is 3. The number of para-hydroxylation sites is 3. The molecule has 5 aromatic rings. The summed E-state index contributed by atoms with van der Waals surface area (Å²) < 4.78 is 6.99. The van der Waals surface area contributed by atoms with Gasteiger partial charge in [-0.05, 0) is 42.5 Å². The van der Waals surface area contributed by atoms with Gasteiger partial charge in [0.2, 0.25) is 0 Å². The summed E-state index contributed by atoms with van der Waals surface area (Å²) in [5, 5.41) is 16.8. The van der Waals surface area contributed by atoms with E-state index in [1.165, 1.54) is 18.2 Å². The van der Waals surface area contributed by atoms with Crippen LogP contribution in [0.5, 0.6) is 5.75 Å². The van der Waals surface area contributed by atoms with Crippen molar-refractivity contribution < 1.29 is 24.2 Å². The summed E-state index contributed by atoms with van der Waals surface area (Å²) >= 11 is 0. The molecule has 36 heavy (non-hydrogen) atoms. The first-order valence-corrected chi connectivity index (χ1v) is 11.2. The molecule has 5 rings (SSSR count). The standard InChI is InChI=1S/C28H21N3O5/c32-26(17-36-21-8-2-1-3-9-21)29-19-14-18(27(33)34)15-20(16-19)30-28(35)31-24-12-6-4-10-22(24)23-11-5-7-13-25(23)31/h1-16H,17H2,(H,29,32)(H,30,35)(H,33,34). The van der Waals surface area contributed by atoms with Crippen LogP contribution >= 0.6 is 0 Å². The predicted octanol–water partition coefficient (Wildman–Crippen LogP) is 5.59. The van der Waals surface area contributed by atoms with Crippen LogP contribution in [0.15, 0.2) is 97.1 Å². The molecule has 2 amide bonds. The molecule has 0 unspecified atom stereocenters. The Morgan fingerprint density at radius 2 is 1.28 bits per heavy atom. The van der Waals surface area contributed by atoms with E-state index >= 15 is 0 Å². The van der Waals surface area contributed by atoms with Crippen molar-refractivity contribution in [2.75, 3.05) is 17.2 Å². The van der Waals surface area contributed by atoms with Gasteiger partial charge in [-0.25, -0.2) is 9.59 Å². The quantitative estimate of drug-likeness (QED) is 0.294. The van der Waals surface area contributed by atoms with E-state index < -0.39 is 17.9 Å². The zero-order valence-corrected chi connectivity index (χ0v) is 19.0. The Morgan fingerprint density at radius 3 is 1.89 bits per heavy atom. The van der Waals surface area contributed by atoms with Gasteiger partial charge < -0.3 is 20.5 Å². The molecule has 0 radical (unpaired) electrons. The second-order valence-corrected chi connectivity index (χ2v) is 8.05. The van der Waals surface area contributed by atoms with Gasteiger partial charge in [0.1, 0.15) is 5.75 Å². The number of rotatable bonds is 6. The molecule has 0 aliphatic rings. The first-order chi connectivity index (χ1) is 17.5. The molecule has 0 bridgehead atoms. The number of hydrogen-bond acceptors (Lipinski definition) is 4. The van der Waals surface area contributed by atoms with Crippen molar-refractivity contribution in [3.05, 3.63) is 103 Å². The van der Waals surface area contributed by atoms with Gasteiger partial charge in [-0.3, -0.25) is 9.36 Å². The van der Waals surface area contributed by atoms with Crippen molar-refractivity contribution in [1.82, 2.24) is 4.57 Å². The summed E-state index contributed by atoms with van der Waals surface area (Å²) in [4.78, 5) is 37.5. The van der Waals surface area contributed by atoms with Gasteiger partial charge in [-0.2, -0.15) is 0 Å². The number of benzene rings is 4. The number of nitrogens with one attached hydrogen (secondary N) is 2. The molecule has 4 aromatic carbocycles. The SMILES string of the molecule is O=C(COc1ccccc1)Nc1cc(NC(=O)n2c3ccccc3c3ccccc32)cc(C(=O)O)c1. The van der Waals surface area contributed by atoms with Crippen LogP contribution in [0, 0.1) is 0 Å². The molecule has 0 atom stereocenters. The fraction of sp³-hybridized carbons (Fsp3) is 0.0357. The predicted molar refractivity (Wildman–Crippen MR) is 138 cm³/mol. The normalized spacial score (nSPS) is 10.8. The number of nitrogens with zero attached hydrogens (tertiary/aromatic N) is 1. The van der Waals surface area contributed by atoms with Gasteiger partial charge >= 0.3 is 12.0 Å². The minimum Gasteiger partial charge on any atom is -0.484 e. The Kier molecular flexibility index (Phi) is 6.07. The number of ether oxygens (including phenoxy) is 1. The molecule has 0 spiro atoms. The number of hydrogen-bond donors (Lipinski definition) is 3. The molecule has 8 nitrogen and oxygen atoms in total. The first-order valence-electron chi connectivity index (χ1n) is 11.2. The van der Waals surface area contributed by atoms with Gasteiger partial charge in [0.15, 0.2) is 6.61 Å². The average Bonchev–Trinajstić information content (AvgIpc) is 3.22. The average molecular weight is 479 g/mol. The first kappa shape index (κ1) is 22.7. The molecule has 0 saturated carbocycles. The third-order valence-corrected chi connectivity index (χ3v) is 5.61. The van der Waals surface area contributed by atoms with Crippen LogP contribution in [-0.2, 0) is 4.79 Å². The highest BCUT2D eigenvalue weighted by Gasteiger charge is 2.17. The van der Waals surface area contributed by atoms with Crippen LogP contribution in [0.25, 0.3) is 21.8 Å². The Labute approximate surface area is 205 Å². The Bertz CT molecular complexity index is 1550. The lowest BCUT2D eigenvalue weighted by Crippen LogP contribution is -2.21. The fourth-order valence-corrected chi connectivity index (χ4v) is 4.08. The molecule has 1 heterocycles. The Morgan fingerprint density at radius 1 is 0.722 bits per heavy atom. The minimum atomic E-state index is -1.20. The number of carboxylic acids is 1. The second kappa shape index (κ2) is 9.63. The van der Waals surface area contributed by atoms with E-state index in [4.69, 9.17) is 4.74 Å². The molecule has 8 heteroatoms. The van der Waals surface area contributed by atoms with Gasteiger partial charge in [-0.1, -0.05) is 54.6 Å². The summed E-state index contributed by atoms with van der Waals surface area (Å²) in [6, 6.07) is 27.6. The lowest BCUT2D eigenvalue weighted by atomic mass is 10.1. The van der Waals surface area contributed by atoms with Crippen molar-refractivity contribution in [1.29, 1.82) is 0 Å². The number of carboxylic acid groups (broad SMARTS) is 1. The van der Waals surface area contributed by atoms with Crippen LogP contribution in [0.4, 0.5) is 16.2 Å². The number of aromatic carboxylic acids is 1. The number of carbonyl (C=O) groups excluding carboxylic acids is 2. The Balaban J connectivity index is 1.41. The molecular weight excluding hydrogens is 458 g/mol. The van der Waals surface area contributed by atoms with Crippen molar-refractivity contribution in [2.24, 2.45) is 0 Å². The van der Waals surface area contributed by atoms with Crippen LogP contribution in [-0.4, -0.2) is 34.2 Å². The van der Waals surface area contributed by atoms with Crippen LogP contribution in [0.1, 0.15) is 10.4 Å². The van der Waals surface area contributed by atoms with E-state index in [0.29, 0.717) is 5.75 Å². The molecule has 0 fully saturated rings. The Hall–Kier alpha value is -5.11. The topological polar surface area (TPSA) is 110 Å². The number of amides is 2. The summed E-state index contributed by atoms with van der Waals surface area (Å²) in [5.74, 6) is -1.13. The lowest BCUT2D eigenvalue weighted by molar-refractivity contribution is -0.118. The largest absolute Gasteiger partial charge is 0.484 e. The van der Waals surface area contributed by atoms with Crippen molar-refractivity contribution in [3.8, 4) is 5.75 Å². The highest BCUT2D eigenvalue weighted by molar-refractivity contribution is 6.15. The summed E-state index contributed by atoms with van der Waals surface area (Å²) in [6.45, 7) is -0.260. The van der Waals surface area contributed by atoms with Crippen LogP contribution in [0.3, 0.4) is 0 Å². The van der Waals surface area contributed by atoms with Gasteiger partial charge in [0.05, 0.1) is 16.6 Å². The van der Waals surface area contributed by atoms with Crippen molar-refractivity contribution in [3.63, 3.8) is 0 Å². The highest BCUT2D eigenvalue weighted by Crippen LogP contribution is 2.29. The second-order valence-electron chi connectivity index (χ2n) is 8.05. The molecule has 3 N–H and O–H groups in total. The number of fused-ring (bicyclic) bond motifs is 3. The van der Waals surface area contributed by atoms with E-state index in [1.54, 1.807) is 28.8 Å². The smallest absolute Gasteiger partial charge is 0.335 e. The zero-order valence-electron chi connectivity index (χ0n) is 19.0. The maximum Gasteiger partial charge on any atom is 0.335 e. The van der Waals surface area contributed by atoms with Gasteiger partial charge in [-0.15, -0.1) is 0 Å². The monoisotopic (exact) mass is 479 g/mol. The van der Waals surface area contributed by atoms with Gasteiger partial charge in [0.25, 0.3) is 5.91 Å². The third kappa shape index (κ3) is 4.60. The summed E-state index contributed by atoms with van der Waals surface area (Å²) in [5.41, 5.74) is 1.79. The number of aromatic nitrogens is 1. The maximum absolute atomic E-state index is 13.4. The number of anilines is 2. The van der Waals surface area contributed by atoms with Crippen LogP contribution in [0.2, 0.25) is 0 Å². The van der Waals surface area contributed by atoms with Gasteiger partial charge in [0, 0.05) is 22.1 Å². The molecule has 0 aliphatic carbocycles. The summed E-state index contributed by atoms with van der Waals surface area (Å²) in [6.07, 6.45) is 0. The van der Waals surface area contributed by atoms with E-state index in [2.05, 4.69) is 10.6 Å². The highest BCUT2D eigenvalue weighted by atomic mass is 16.5. The van der Waals surface area contributed by atoms with Crippen LogP contribution < -0.4 is 15.4 Å². The minimum absolute atomic E-state index is 0.0886. The van der Waals surface area contributed by atoms with E-state index in [9.17, 15) is 19.5 Å². The maximum atomic E-state index is 13.4. The zero-order chi connectivity index (χ0) is 25.1. The van der Waals surface area contributed by atoms with E-state index in [-0.39, 0.29) is 23.5 Å². The van der Waals surface area contributed by atoms with E-state index in [1.807, 2.05) is 54.6 Å². The van der Waals surface area contributed by atoms with Crippen molar-refractivity contribution >= 4 is 51.1 Å². The molecule has 0 saturated heterocycles. The van der Waals surface area contributed by atoms with E-state index in [0.717, 1.165) is 21.8 Å². The summed E-state index contributed by atoms with van der Waals surface area (Å²) in [7, 11) is 0. The van der Waals surface area contributed by atoms with Crippen molar-refractivity contribution in [2.45, 2.75) is 0 Å². The molecule has 1 aromatic heterocycles. The molecular formula is C28H21N3O5. The lowest BCUT2D eigenvalue weighted by Gasteiger charge is -2.12. The molecule has 178 valence electrons. The fourth-order valence-electron chi connectivity index (χ4n) is 4.08. The molecule has 0 aliphatic heterocycles.